The Labute approximate surface area is 135 Å². The molecule has 4 nitrogen and oxygen atoms in total. The molecule has 0 aromatic heterocycles. The number of carboxylic acids is 1. The van der Waals surface area contributed by atoms with Gasteiger partial charge in [-0.1, -0.05) is 42.5 Å². The molecule has 0 radical (unpaired) electrons. The van der Waals surface area contributed by atoms with Crippen LogP contribution in [0.5, 0.6) is 5.75 Å². The molecule has 4 heteroatoms. The second-order valence-corrected chi connectivity index (χ2v) is 5.46. The number of carboxylic acid groups (broad SMARTS) is 1. The minimum absolute atomic E-state index is 0.198. The van der Waals surface area contributed by atoms with Crippen LogP contribution < -0.4 is 9.84 Å². The van der Waals surface area contributed by atoms with Crippen LogP contribution in [-0.2, 0) is 9.53 Å². The third-order valence-electron chi connectivity index (χ3n) is 4.12. The Morgan fingerprint density at radius 2 is 1.70 bits per heavy atom. The summed E-state index contributed by atoms with van der Waals surface area (Å²) in [6.07, 6.45) is -0.377. The summed E-state index contributed by atoms with van der Waals surface area (Å²) >= 11 is 0. The van der Waals surface area contributed by atoms with E-state index in [9.17, 15) is 9.90 Å². The molecule has 0 unspecified atom stereocenters. The number of hydrogen-bond donors (Lipinski definition) is 0. The van der Waals surface area contributed by atoms with Crippen LogP contribution in [-0.4, -0.2) is 13.1 Å². The zero-order valence-electron chi connectivity index (χ0n) is 13.0. The molecule has 23 heavy (non-hydrogen) atoms. The zero-order chi connectivity index (χ0) is 16.4. The Bertz CT molecular complexity index is 732. The van der Waals surface area contributed by atoms with Crippen LogP contribution in [0.2, 0.25) is 0 Å². The summed E-state index contributed by atoms with van der Waals surface area (Å²) in [5.74, 6) is -0.477. The molecule has 2 atom stereocenters. The number of carbonyl (C=O) groups excluding carboxylic acids is 1. The molecule has 2 aromatic rings. The highest BCUT2D eigenvalue weighted by molar-refractivity contribution is 5.88. The lowest BCUT2D eigenvalue weighted by atomic mass is 9.84. The van der Waals surface area contributed by atoms with Gasteiger partial charge in [0.05, 0.1) is 24.8 Å². The predicted octanol–water partition coefficient (Wildman–Crippen LogP) is 2.57. The van der Waals surface area contributed by atoms with Crippen LogP contribution in [0.4, 0.5) is 0 Å². The highest BCUT2D eigenvalue weighted by Crippen LogP contribution is 2.47. The van der Waals surface area contributed by atoms with E-state index >= 15 is 0 Å². The summed E-state index contributed by atoms with van der Waals surface area (Å²) in [5.41, 5.74) is 1.99. The van der Waals surface area contributed by atoms with Gasteiger partial charge in [0.25, 0.3) is 0 Å². The maximum Gasteiger partial charge on any atom is 0.134 e. The third-order valence-corrected chi connectivity index (χ3v) is 4.12. The molecule has 0 saturated carbocycles. The van der Waals surface area contributed by atoms with Crippen LogP contribution in [0.1, 0.15) is 30.1 Å². The van der Waals surface area contributed by atoms with E-state index in [1.807, 2.05) is 54.6 Å². The fourth-order valence-electron chi connectivity index (χ4n) is 3.02. The molecule has 0 saturated heterocycles. The van der Waals surface area contributed by atoms with Crippen molar-refractivity contribution in [2.24, 2.45) is 0 Å². The van der Waals surface area contributed by atoms with Crippen LogP contribution in [0.3, 0.4) is 0 Å². The summed E-state index contributed by atoms with van der Waals surface area (Å²) in [6.45, 7) is 1.67. The molecular formula is C19H17O4-. The van der Waals surface area contributed by atoms with Gasteiger partial charge in [0.15, 0.2) is 0 Å². The highest BCUT2D eigenvalue weighted by atomic mass is 16.5. The van der Waals surface area contributed by atoms with E-state index in [-0.39, 0.29) is 11.7 Å². The molecule has 0 spiro atoms. The van der Waals surface area contributed by atoms with Crippen LogP contribution in [0.25, 0.3) is 0 Å². The van der Waals surface area contributed by atoms with Gasteiger partial charge in [0.1, 0.15) is 11.9 Å². The first-order valence-electron chi connectivity index (χ1n) is 7.39. The quantitative estimate of drug-likeness (QED) is 0.871. The predicted molar refractivity (Wildman–Crippen MR) is 83.7 cm³/mol. The molecular weight excluding hydrogens is 292 g/mol. The monoisotopic (exact) mass is 309 g/mol. The minimum atomic E-state index is -1.19. The Balaban J connectivity index is 2.06. The molecule has 1 heterocycles. The fraction of sp³-hybridized carbons (Fsp3) is 0.211. The van der Waals surface area contributed by atoms with Crippen molar-refractivity contribution in [2.45, 2.75) is 18.9 Å². The van der Waals surface area contributed by atoms with Gasteiger partial charge in [-0.3, -0.25) is 0 Å². The first-order valence-corrected chi connectivity index (χ1v) is 7.39. The Hall–Kier alpha value is -2.75. The third kappa shape index (κ3) is 2.80. The maximum absolute atomic E-state index is 11.6. The van der Waals surface area contributed by atoms with Gasteiger partial charge in [-0.25, -0.2) is 0 Å². The van der Waals surface area contributed by atoms with E-state index in [4.69, 9.17) is 9.47 Å². The van der Waals surface area contributed by atoms with Crippen LogP contribution in [0, 0.1) is 0 Å². The van der Waals surface area contributed by atoms with Crippen molar-refractivity contribution in [1.82, 2.24) is 0 Å². The van der Waals surface area contributed by atoms with E-state index < -0.39 is 11.9 Å². The Morgan fingerprint density at radius 3 is 2.26 bits per heavy atom. The average molecular weight is 309 g/mol. The van der Waals surface area contributed by atoms with Crippen molar-refractivity contribution in [3.63, 3.8) is 0 Å². The fourth-order valence-corrected chi connectivity index (χ4v) is 3.02. The Kier molecular flexibility index (Phi) is 4.06. The van der Waals surface area contributed by atoms with Crippen LogP contribution >= 0.6 is 0 Å². The van der Waals surface area contributed by atoms with Gasteiger partial charge in [-0.2, -0.15) is 0 Å². The minimum Gasteiger partial charge on any atom is -0.545 e. The van der Waals surface area contributed by atoms with Crippen molar-refractivity contribution >= 4 is 5.97 Å². The number of aliphatic carboxylic acids is 1. The van der Waals surface area contributed by atoms with Gasteiger partial charge < -0.3 is 19.4 Å². The molecule has 0 fully saturated rings. The van der Waals surface area contributed by atoms with E-state index in [0.717, 1.165) is 16.9 Å². The molecule has 0 bridgehead atoms. The standard InChI is InChI=1S/C19H18O4/c1-12-16(19(20)21)17(13-8-10-15(22-2)11-9-13)18(23-12)14-6-4-3-5-7-14/h3-11,17-18H,1-2H3,(H,20,21)/p-1/t17-,18-/m0/s1. The lowest BCUT2D eigenvalue weighted by Gasteiger charge is -2.23. The van der Waals surface area contributed by atoms with Gasteiger partial charge in [-0.05, 0) is 30.2 Å². The number of hydrogen-bond acceptors (Lipinski definition) is 4. The second-order valence-electron chi connectivity index (χ2n) is 5.46. The number of rotatable bonds is 4. The van der Waals surface area contributed by atoms with Gasteiger partial charge >= 0.3 is 0 Å². The summed E-state index contributed by atoms with van der Waals surface area (Å²) in [7, 11) is 1.59. The molecule has 1 aliphatic rings. The van der Waals surface area contributed by atoms with E-state index in [0.29, 0.717) is 5.76 Å². The number of methoxy groups -OCH3 is 1. The topological polar surface area (TPSA) is 58.6 Å². The molecule has 3 rings (SSSR count). The number of benzene rings is 2. The summed E-state index contributed by atoms with van der Waals surface area (Å²) < 4.78 is 11.0. The van der Waals surface area contributed by atoms with Crippen molar-refractivity contribution in [3.8, 4) is 5.75 Å². The van der Waals surface area contributed by atoms with Crippen molar-refractivity contribution in [1.29, 1.82) is 0 Å². The number of allylic oxidation sites excluding steroid dienone is 1. The molecule has 0 amide bonds. The second kappa shape index (κ2) is 6.16. The molecule has 2 aromatic carbocycles. The Morgan fingerprint density at radius 1 is 1.04 bits per heavy atom. The van der Waals surface area contributed by atoms with Crippen LogP contribution in [0.15, 0.2) is 65.9 Å². The number of ether oxygens (including phenoxy) is 2. The number of carbonyl (C=O) groups is 1. The van der Waals surface area contributed by atoms with Crippen molar-refractivity contribution in [2.75, 3.05) is 7.11 Å². The van der Waals surface area contributed by atoms with Crippen molar-refractivity contribution < 1.29 is 19.4 Å². The van der Waals surface area contributed by atoms with Gasteiger partial charge in [-0.15, -0.1) is 0 Å². The molecule has 0 N–H and O–H groups in total. The molecule has 0 aliphatic carbocycles. The highest BCUT2D eigenvalue weighted by Gasteiger charge is 2.37. The zero-order valence-corrected chi connectivity index (χ0v) is 13.0. The lowest BCUT2D eigenvalue weighted by molar-refractivity contribution is -0.299. The summed E-state index contributed by atoms with van der Waals surface area (Å²) in [4.78, 5) is 11.6. The first-order chi connectivity index (χ1) is 11.1. The van der Waals surface area contributed by atoms with E-state index in [2.05, 4.69) is 0 Å². The maximum atomic E-state index is 11.6. The van der Waals surface area contributed by atoms with E-state index in [1.54, 1.807) is 14.0 Å². The smallest absolute Gasteiger partial charge is 0.134 e. The summed E-state index contributed by atoms with van der Waals surface area (Å²) in [6, 6.07) is 17.0. The largest absolute Gasteiger partial charge is 0.545 e. The van der Waals surface area contributed by atoms with Gasteiger partial charge in [0.2, 0.25) is 0 Å². The normalized spacial score (nSPS) is 20.3. The van der Waals surface area contributed by atoms with E-state index in [1.165, 1.54) is 0 Å². The SMILES string of the molecule is COc1ccc([C@H]2C(C(=O)[O-])=C(C)O[C@H]2c2ccccc2)cc1. The molecule has 1 aliphatic heterocycles. The first kappa shape index (κ1) is 15.2. The lowest BCUT2D eigenvalue weighted by Crippen LogP contribution is -2.28. The van der Waals surface area contributed by atoms with Crippen molar-refractivity contribution in [3.05, 3.63) is 77.1 Å². The average Bonchev–Trinajstić information content (AvgIpc) is 2.93. The summed E-state index contributed by atoms with van der Waals surface area (Å²) in [5, 5.41) is 11.6. The molecule has 118 valence electrons. The van der Waals surface area contributed by atoms with Gasteiger partial charge in [0, 0.05) is 5.57 Å².